The number of nitrogens with one attached hydrogen (secondary N) is 1. The molecule has 0 spiro atoms. The highest BCUT2D eigenvalue weighted by molar-refractivity contribution is 6.00. The number of halogens is 3. The van der Waals surface area contributed by atoms with Crippen LogP contribution in [0.25, 0.3) is 11.3 Å². The van der Waals surface area contributed by atoms with Gasteiger partial charge in [-0.2, -0.15) is 0 Å². The van der Waals surface area contributed by atoms with Crippen molar-refractivity contribution in [2.45, 2.75) is 25.3 Å². The van der Waals surface area contributed by atoms with Gasteiger partial charge in [0.1, 0.15) is 17.2 Å². The summed E-state index contributed by atoms with van der Waals surface area (Å²) >= 11 is 0. The van der Waals surface area contributed by atoms with Gasteiger partial charge in [0.15, 0.2) is 0 Å². The number of aromatic nitrogens is 2. The van der Waals surface area contributed by atoms with Crippen molar-refractivity contribution in [1.82, 2.24) is 10.2 Å². The third-order valence-electron chi connectivity index (χ3n) is 3.48. The maximum absolute atomic E-state index is 13.5. The summed E-state index contributed by atoms with van der Waals surface area (Å²) in [4.78, 5) is 11.6. The van der Waals surface area contributed by atoms with E-state index in [2.05, 4.69) is 15.5 Å². The number of hydrogen-bond donors (Lipinski definition) is 2. The zero-order valence-electron chi connectivity index (χ0n) is 11.9. The van der Waals surface area contributed by atoms with Crippen LogP contribution in [0.3, 0.4) is 0 Å². The normalized spacial score (nSPS) is 14.1. The maximum atomic E-state index is 13.5. The molecule has 8 heteroatoms. The predicted molar refractivity (Wildman–Crippen MR) is 77.5 cm³/mol. The van der Waals surface area contributed by atoms with Gasteiger partial charge in [0, 0.05) is 17.3 Å². The summed E-state index contributed by atoms with van der Waals surface area (Å²) in [5.41, 5.74) is 5.31. The quantitative estimate of drug-likeness (QED) is 0.887. The van der Waals surface area contributed by atoms with Crippen LogP contribution in [0.2, 0.25) is 0 Å². The molecular weight excluding hydrogens is 309 g/mol. The minimum atomic E-state index is -2.87. The van der Waals surface area contributed by atoms with Crippen LogP contribution in [0.15, 0.2) is 24.3 Å². The molecule has 1 aromatic carbocycles. The van der Waals surface area contributed by atoms with E-state index >= 15 is 0 Å². The second-order valence-electron chi connectivity index (χ2n) is 5.30. The fourth-order valence-electron chi connectivity index (χ4n) is 2.19. The number of carbonyl (C=O) groups is 1. The molecule has 3 N–H and O–H groups in total. The third kappa shape index (κ3) is 3.25. The van der Waals surface area contributed by atoms with E-state index < -0.39 is 23.8 Å². The Morgan fingerprint density at radius 2 is 2.00 bits per heavy atom. The van der Waals surface area contributed by atoms with E-state index in [1.165, 1.54) is 18.2 Å². The average Bonchev–Trinajstić information content (AvgIpc) is 3.31. The molecule has 1 aliphatic carbocycles. The monoisotopic (exact) mass is 322 g/mol. The number of amides is 1. The van der Waals surface area contributed by atoms with Crippen LogP contribution in [0.1, 0.15) is 35.3 Å². The molecule has 0 unspecified atom stereocenters. The van der Waals surface area contributed by atoms with E-state index in [9.17, 15) is 18.0 Å². The molecule has 1 saturated carbocycles. The predicted octanol–water partition coefficient (Wildman–Crippen LogP) is 2.89. The van der Waals surface area contributed by atoms with Gasteiger partial charge in [-0.3, -0.25) is 4.79 Å². The lowest BCUT2D eigenvalue weighted by molar-refractivity contribution is 0.0999. The number of primary amides is 1. The molecule has 1 aliphatic rings. The van der Waals surface area contributed by atoms with E-state index in [0.717, 1.165) is 18.9 Å². The smallest absolute Gasteiger partial charge is 0.282 e. The van der Waals surface area contributed by atoms with Gasteiger partial charge in [-0.05, 0) is 37.1 Å². The van der Waals surface area contributed by atoms with Gasteiger partial charge in [-0.15, -0.1) is 10.2 Å². The highest BCUT2D eigenvalue weighted by atomic mass is 19.3. The first-order valence-corrected chi connectivity index (χ1v) is 6.97. The minimum absolute atomic E-state index is 0.0463. The average molecular weight is 322 g/mol. The number of alkyl halides is 2. The molecule has 23 heavy (non-hydrogen) atoms. The molecule has 0 atom stereocenters. The minimum Gasteiger partial charge on any atom is -0.382 e. The number of benzene rings is 1. The summed E-state index contributed by atoms with van der Waals surface area (Å²) < 4.78 is 39.0. The topological polar surface area (TPSA) is 80.9 Å². The second-order valence-corrected chi connectivity index (χ2v) is 5.30. The molecule has 0 radical (unpaired) electrons. The van der Waals surface area contributed by atoms with Crippen LogP contribution in [0, 0.1) is 5.82 Å². The molecule has 2 aromatic rings. The molecule has 1 amide bonds. The fourth-order valence-corrected chi connectivity index (χ4v) is 2.19. The Kier molecular flexibility index (Phi) is 3.89. The summed E-state index contributed by atoms with van der Waals surface area (Å²) in [7, 11) is 0. The molecule has 0 aliphatic heterocycles. The third-order valence-corrected chi connectivity index (χ3v) is 3.48. The van der Waals surface area contributed by atoms with Gasteiger partial charge in [-0.25, -0.2) is 13.2 Å². The van der Waals surface area contributed by atoms with Crippen LogP contribution >= 0.6 is 0 Å². The molecule has 0 saturated heterocycles. The van der Waals surface area contributed by atoms with E-state index in [1.807, 2.05) is 0 Å². The first kappa shape index (κ1) is 15.3. The second kappa shape index (κ2) is 5.86. The zero-order chi connectivity index (χ0) is 16.6. The van der Waals surface area contributed by atoms with Crippen LogP contribution in [-0.2, 0) is 0 Å². The van der Waals surface area contributed by atoms with E-state index in [0.29, 0.717) is 11.3 Å². The molecule has 5 nitrogen and oxygen atoms in total. The zero-order valence-corrected chi connectivity index (χ0v) is 11.9. The number of nitrogens with zero attached hydrogens (tertiary/aromatic N) is 2. The summed E-state index contributed by atoms with van der Waals surface area (Å²) in [6.45, 7) is 0. The first-order chi connectivity index (χ1) is 11.0. The Morgan fingerprint density at radius 1 is 1.26 bits per heavy atom. The Labute approximate surface area is 129 Å². The summed E-state index contributed by atoms with van der Waals surface area (Å²) in [6.07, 6.45) is -0.963. The maximum Gasteiger partial charge on any atom is 0.282 e. The molecule has 1 heterocycles. The largest absolute Gasteiger partial charge is 0.382 e. The molecule has 120 valence electrons. The lowest BCUT2D eigenvalue weighted by Crippen LogP contribution is -2.16. The number of hydrogen-bond acceptors (Lipinski definition) is 4. The van der Waals surface area contributed by atoms with Crippen molar-refractivity contribution in [3.8, 4) is 11.3 Å². The van der Waals surface area contributed by atoms with Gasteiger partial charge in [0.05, 0.1) is 5.56 Å². The highest BCUT2D eigenvalue weighted by Crippen LogP contribution is 2.34. The number of rotatable bonds is 5. The van der Waals surface area contributed by atoms with E-state index in [1.54, 1.807) is 0 Å². The van der Waals surface area contributed by atoms with Crippen molar-refractivity contribution < 1.29 is 18.0 Å². The van der Waals surface area contributed by atoms with Crippen LogP contribution in [-0.4, -0.2) is 22.1 Å². The van der Waals surface area contributed by atoms with E-state index in [4.69, 9.17) is 5.73 Å². The Balaban J connectivity index is 2.12. The van der Waals surface area contributed by atoms with Crippen molar-refractivity contribution in [2.24, 2.45) is 5.73 Å². The van der Waals surface area contributed by atoms with Crippen molar-refractivity contribution in [1.29, 1.82) is 0 Å². The number of carbonyl (C=O) groups excluding carboxylic acids is 1. The Bertz CT molecular complexity index is 762. The van der Waals surface area contributed by atoms with Crippen molar-refractivity contribution in [2.75, 3.05) is 5.32 Å². The fraction of sp³-hybridized carbons (Fsp3) is 0.267. The first-order valence-electron chi connectivity index (χ1n) is 6.97. The molecule has 1 fully saturated rings. The molecular formula is C15H13F3N4O. The summed E-state index contributed by atoms with van der Waals surface area (Å²) in [5.74, 6) is -1.37. The van der Waals surface area contributed by atoms with Crippen LogP contribution in [0.4, 0.5) is 18.9 Å². The number of nitrogens with two attached hydrogens (primary N) is 1. The summed E-state index contributed by atoms with van der Waals surface area (Å²) in [6, 6.07) is 5.01. The van der Waals surface area contributed by atoms with Gasteiger partial charge < -0.3 is 11.1 Å². The Hall–Kier alpha value is -2.64. The number of anilines is 1. The molecule has 0 bridgehead atoms. The van der Waals surface area contributed by atoms with Crippen molar-refractivity contribution in [3.05, 3.63) is 41.3 Å². The Morgan fingerprint density at radius 3 is 2.61 bits per heavy atom. The lowest BCUT2D eigenvalue weighted by Gasteiger charge is -2.13. The molecule has 3 rings (SSSR count). The standard InChI is InChI=1S/C15H13F3N4O/c16-7-1-4-9(11(5-7)20-8-2-3-8)13-10(15(19)23)6-12(14(17)18)21-22-13/h1,4-6,8,14,20H,2-3H2,(H2,19,23). The van der Waals surface area contributed by atoms with Crippen LogP contribution < -0.4 is 11.1 Å². The molecule has 1 aromatic heterocycles. The van der Waals surface area contributed by atoms with Gasteiger partial charge in [-0.1, -0.05) is 0 Å². The van der Waals surface area contributed by atoms with Crippen molar-refractivity contribution in [3.63, 3.8) is 0 Å². The van der Waals surface area contributed by atoms with Gasteiger partial charge in [0.2, 0.25) is 0 Å². The lowest BCUT2D eigenvalue weighted by atomic mass is 10.0. The van der Waals surface area contributed by atoms with Crippen molar-refractivity contribution >= 4 is 11.6 Å². The van der Waals surface area contributed by atoms with Crippen LogP contribution in [0.5, 0.6) is 0 Å². The van der Waals surface area contributed by atoms with E-state index in [-0.39, 0.29) is 17.3 Å². The van der Waals surface area contributed by atoms with Gasteiger partial charge in [0.25, 0.3) is 12.3 Å². The highest BCUT2D eigenvalue weighted by Gasteiger charge is 2.25. The SMILES string of the molecule is NC(=O)c1cc(C(F)F)nnc1-c1ccc(F)cc1NC1CC1. The summed E-state index contributed by atoms with van der Waals surface area (Å²) in [5, 5.41) is 10.3. The van der Waals surface area contributed by atoms with Gasteiger partial charge >= 0.3 is 0 Å².